The number of amides is 1. The minimum atomic E-state index is -1.11. The third-order valence-corrected chi connectivity index (χ3v) is 3.61. The Balaban J connectivity index is 1.93. The number of rotatable bonds is 8. The Hall–Kier alpha value is -3.08. The van der Waals surface area contributed by atoms with E-state index in [4.69, 9.17) is 4.74 Å². The highest BCUT2D eigenvalue weighted by Gasteiger charge is 2.21. The first-order valence-corrected chi connectivity index (χ1v) is 7.97. The lowest BCUT2D eigenvalue weighted by molar-refractivity contribution is -0.139. The molecule has 2 aromatic carbocycles. The molecule has 2 aromatic rings. The summed E-state index contributed by atoms with van der Waals surface area (Å²) in [5, 5.41) is 11.8. The zero-order valence-corrected chi connectivity index (χ0v) is 13.9. The van der Waals surface area contributed by atoms with Gasteiger partial charge in [-0.15, -0.1) is 6.58 Å². The Morgan fingerprint density at radius 1 is 1.08 bits per heavy atom. The third-order valence-electron chi connectivity index (χ3n) is 3.61. The second-order valence-corrected chi connectivity index (χ2v) is 5.61. The lowest BCUT2D eigenvalue weighted by atomic mass is 10.0. The van der Waals surface area contributed by atoms with Gasteiger partial charge in [0.05, 0.1) is 0 Å². The average molecular weight is 339 g/mol. The van der Waals surface area contributed by atoms with Crippen molar-refractivity contribution < 1.29 is 19.4 Å². The number of hydrogen-bond acceptors (Lipinski definition) is 3. The number of carboxylic acids is 1. The lowest BCUT2D eigenvalue weighted by Gasteiger charge is -2.15. The van der Waals surface area contributed by atoms with E-state index >= 15 is 0 Å². The summed E-state index contributed by atoms with van der Waals surface area (Å²) in [5.41, 5.74) is 2.71. The smallest absolute Gasteiger partial charge is 0.408 e. The number of ether oxygens (including phenoxy) is 1. The van der Waals surface area contributed by atoms with E-state index in [0.717, 1.165) is 16.7 Å². The summed E-state index contributed by atoms with van der Waals surface area (Å²) in [5.74, 6) is -1.11. The number of hydrogen-bond donors (Lipinski definition) is 2. The summed E-state index contributed by atoms with van der Waals surface area (Å²) in [6, 6.07) is 15.7. The first kappa shape index (κ1) is 18.3. The number of carbonyl (C=O) groups excluding carboxylic acids is 1. The Kier molecular flexibility index (Phi) is 6.77. The molecule has 0 spiro atoms. The molecule has 0 saturated carbocycles. The first-order valence-electron chi connectivity index (χ1n) is 7.97. The third kappa shape index (κ3) is 6.14. The van der Waals surface area contributed by atoms with Gasteiger partial charge in [-0.2, -0.15) is 0 Å². The summed E-state index contributed by atoms with van der Waals surface area (Å²) in [4.78, 5) is 23.3. The molecular formula is C20H21NO4. The van der Waals surface area contributed by atoms with Crippen LogP contribution in [0.3, 0.4) is 0 Å². The first-order chi connectivity index (χ1) is 12.1. The quantitative estimate of drug-likeness (QED) is 0.723. The Bertz CT molecular complexity index is 727. The van der Waals surface area contributed by atoms with Crippen LogP contribution in [0, 0.1) is 0 Å². The van der Waals surface area contributed by atoms with E-state index in [1.807, 2.05) is 54.6 Å². The number of carbonyl (C=O) groups is 2. The molecule has 2 N–H and O–H groups in total. The van der Waals surface area contributed by atoms with Crippen LogP contribution in [0.2, 0.25) is 0 Å². The van der Waals surface area contributed by atoms with E-state index in [2.05, 4.69) is 11.9 Å². The molecule has 1 atom stereocenters. The molecule has 0 heterocycles. The van der Waals surface area contributed by atoms with Crippen LogP contribution in [-0.4, -0.2) is 23.2 Å². The van der Waals surface area contributed by atoms with E-state index in [1.54, 1.807) is 6.08 Å². The van der Waals surface area contributed by atoms with Crippen LogP contribution in [0.1, 0.15) is 16.7 Å². The van der Waals surface area contributed by atoms with Crippen LogP contribution >= 0.6 is 0 Å². The van der Waals surface area contributed by atoms with Gasteiger partial charge in [0.15, 0.2) is 0 Å². The molecule has 0 saturated heterocycles. The average Bonchev–Trinajstić information content (AvgIpc) is 2.61. The fourth-order valence-corrected chi connectivity index (χ4v) is 2.39. The number of nitrogens with one attached hydrogen (secondary N) is 1. The maximum atomic E-state index is 11.9. The van der Waals surface area contributed by atoms with Crippen molar-refractivity contribution in [2.24, 2.45) is 0 Å². The highest BCUT2D eigenvalue weighted by molar-refractivity contribution is 5.80. The van der Waals surface area contributed by atoms with Gasteiger partial charge < -0.3 is 15.2 Å². The zero-order chi connectivity index (χ0) is 18.1. The summed E-state index contributed by atoms with van der Waals surface area (Å²) in [7, 11) is 0. The van der Waals surface area contributed by atoms with Crippen LogP contribution < -0.4 is 5.32 Å². The number of benzene rings is 2. The molecule has 1 amide bonds. The van der Waals surface area contributed by atoms with E-state index in [-0.39, 0.29) is 13.0 Å². The molecule has 0 radical (unpaired) electrons. The van der Waals surface area contributed by atoms with Gasteiger partial charge in [0.2, 0.25) is 0 Å². The molecule has 0 aliphatic heterocycles. The van der Waals surface area contributed by atoms with Crippen molar-refractivity contribution >= 4 is 12.1 Å². The number of aliphatic carboxylic acids is 1. The van der Waals surface area contributed by atoms with Crippen molar-refractivity contribution in [1.82, 2.24) is 5.32 Å². The minimum absolute atomic E-state index is 0.0911. The second kappa shape index (κ2) is 9.27. The van der Waals surface area contributed by atoms with E-state index in [9.17, 15) is 14.7 Å². The van der Waals surface area contributed by atoms with E-state index in [1.165, 1.54) is 0 Å². The van der Waals surface area contributed by atoms with Crippen molar-refractivity contribution in [3.8, 4) is 0 Å². The molecule has 25 heavy (non-hydrogen) atoms. The molecule has 0 aliphatic rings. The fraction of sp³-hybridized carbons (Fsp3) is 0.200. The normalized spacial score (nSPS) is 11.4. The molecule has 5 nitrogen and oxygen atoms in total. The van der Waals surface area contributed by atoms with Crippen LogP contribution in [0.25, 0.3) is 0 Å². The van der Waals surface area contributed by atoms with Gasteiger partial charge in [-0.05, 0) is 23.1 Å². The number of carboxylic acid groups (broad SMARTS) is 1. The van der Waals surface area contributed by atoms with Crippen molar-refractivity contribution in [2.75, 3.05) is 0 Å². The van der Waals surface area contributed by atoms with Crippen molar-refractivity contribution in [1.29, 1.82) is 0 Å². The minimum Gasteiger partial charge on any atom is -0.480 e. The summed E-state index contributed by atoms with van der Waals surface area (Å²) in [6.07, 6.45) is 1.92. The highest BCUT2D eigenvalue weighted by Crippen LogP contribution is 2.10. The molecule has 0 fully saturated rings. The maximum absolute atomic E-state index is 11.9. The second-order valence-electron chi connectivity index (χ2n) is 5.61. The summed E-state index contributed by atoms with van der Waals surface area (Å²) in [6.45, 7) is 3.78. The van der Waals surface area contributed by atoms with Crippen LogP contribution in [-0.2, 0) is 29.0 Å². The monoisotopic (exact) mass is 339 g/mol. The van der Waals surface area contributed by atoms with Crippen LogP contribution in [0.15, 0.2) is 67.3 Å². The standard InChI is InChI=1S/C20H21NO4/c1-2-7-15-10-6-11-17(12-15)13-18(19(22)23)21-20(24)25-14-16-8-4-3-5-9-16/h2-6,8-12,18H,1,7,13-14H2,(H,21,24)(H,22,23)/t18-/m1/s1. The predicted octanol–water partition coefficient (Wildman–Crippen LogP) is 3.34. The summed E-state index contributed by atoms with van der Waals surface area (Å²) < 4.78 is 5.08. The van der Waals surface area contributed by atoms with Gasteiger partial charge >= 0.3 is 12.1 Å². The Morgan fingerprint density at radius 2 is 1.76 bits per heavy atom. The van der Waals surface area contributed by atoms with Gasteiger partial charge in [0.1, 0.15) is 12.6 Å². The van der Waals surface area contributed by atoms with Crippen LogP contribution in [0.5, 0.6) is 0 Å². The lowest BCUT2D eigenvalue weighted by Crippen LogP contribution is -2.42. The van der Waals surface area contributed by atoms with Gasteiger partial charge in [-0.1, -0.05) is 60.7 Å². The zero-order valence-electron chi connectivity index (χ0n) is 13.9. The van der Waals surface area contributed by atoms with Crippen LogP contribution in [0.4, 0.5) is 4.79 Å². The molecular weight excluding hydrogens is 318 g/mol. The van der Waals surface area contributed by atoms with E-state index in [0.29, 0.717) is 6.42 Å². The van der Waals surface area contributed by atoms with Crippen molar-refractivity contribution in [3.63, 3.8) is 0 Å². The predicted molar refractivity (Wildman–Crippen MR) is 95.2 cm³/mol. The molecule has 5 heteroatoms. The Morgan fingerprint density at radius 3 is 2.44 bits per heavy atom. The molecule has 130 valence electrons. The topological polar surface area (TPSA) is 75.6 Å². The molecule has 0 unspecified atom stereocenters. The van der Waals surface area contributed by atoms with Gasteiger partial charge in [-0.3, -0.25) is 0 Å². The van der Waals surface area contributed by atoms with Crippen molar-refractivity contribution in [3.05, 3.63) is 83.9 Å². The number of alkyl carbamates (subject to hydrolysis) is 1. The molecule has 0 aromatic heterocycles. The molecule has 0 bridgehead atoms. The van der Waals surface area contributed by atoms with Crippen molar-refractivity contribution in [2.45, 2.75) is 25.5 Å². The fourth-order valence-electron chi connectivity index (χ4n) is 2.39. The Labute approximate surface area is 146 Å². The van der Waals surface area contributed by atoms with E-state index < -0.39 is 18.1 Å². The molecule has 0 aliphatic carbocycles. The molecule has 2 rings (SSSR count). The maximum Gasteiger partial charge on any atom is 0.408 e. The number of allylic oxidation sites excluding steroid dienone is 1. The SMILES string of the molecule is C=CCc1cccc(C[C@@H](NC(=O)OCc2ccccc2)C(=O)O)c1. The summed E-state index contributed by atoms with van der Waals surface area (Å²) >= 11 is 0. The van der Waals surface area contributed by atoms with Gasteiger partial charge in [0.25, 0.3) is 0 Å². The van der Waals surface area contributed by atoms with Gasteiger partial charge in [-0.25, -0.2) is 9.59 Å². The largest absolute Gasteiger partial charge is 0.480 e. The van der Waals surface area contributed by atoms with Gasteiger partial charge in [0, 0.05) is 6.42 Å². The highest BCUT2D eigenvalue weighted by atomic mass is 16.5.